The lowest BCUT2D eigenvalue weighted by Crippen LogP contribution is -2.31. The van der Waals surface area contributed by atoms with E-state index in [1.54, 1.807) is 0 Å². The number of hydrogen-bond acceptors (Lipinski definition) is 3. The first-order chi connectivity index (χ1) is 8.72. The third kappa shape index (κ3) is 3.23. The average Bonchev–Trinajstić information content (AvgIpc) is 2.41. The fourth-order valence-corrected chi connectivity index (χ4v) is 2.80. The van der Waals surface area contributed by atoms with Crippen molar-refractivity contribution in [2.45, 2.75) is 32.2 Å². The number of hydrogen-bond donors (Lipinski definition) is 2. The predicted molar refractivity (Wildman–Crippen MR) is 74.4 cm³/mol. The summed E-state index contributed by atoms with van der Waals surface area (Å²) < 4.78 is 5.39. The molecule has 1 aromatic rings. The Morgan fingerprint density at radius 1 is 1.44 bits per heavy atom. The quantitative estimate of drug-likeness (QED) is 0.652. The first kappa shape index (κ1) is 13.8. The maximum Gasteiger partial charge on any atom is 0.0483 e. The number of nitrogens with one attached hydrogen (secondary N) is 1. The van der Waals surface area contributed by atoms with Gasteiger partial charge < -0.3 is 4.74 Å². The molecule has 0 saturated carbocycles. The third-order valence-electron chi connectivity index (χ3n) is 3.71. The second kappa shape index (κ2) is 6.53. The van der Waals surface area contributed by atoms with Crippen molar-refractivity contribution in [2.75, 3.05) is 13.2 Å². The van der Waals surface area contributed by atoms with Gasteiger partial charge in [0, 0.05) is 24.3 Å². The molecular weight excluding hydrogens is 248 g/mol. The Morgan fingerprint density at radius 3 is 2.83 bits per heavy atom. The Morgan fingerprint density at radius 2 is 2.17 bits per heavy atom. The van der Waals surface area contributed by atoms with E-state index in [1.807, 2.05) is 19.1 Å². The summed E-state index contributed by atoms with van der Waals surface area (Å²) in [6, 6.07) is 6.23. The molecule has 1 aliphatic heterocycles. The lowest BCUT2D eigenvalue weighted by molar-refractivity contribution is 0.0605. The van der Waals surface area contributed by atoms with Crippen LogP contribution in [0.3, 0.4) is 0 Å². The van der Waals surface area contributed by atoms with E-state index in [9.17, 15) is 0 Å². The van der Waals surface area contributed by atoms with Crippen LogP contribution in [0.2, 0.25) is 5.02 Å². The number of benzene rings is 1. The Bertz CT molecular complexity index is 391. The second-order valence-electron chi connectivity index (χ2n) is 4.99. The summed E-state index contributed by atoms with van der Waals surface area (Å²) in [7, 11) is 0. The number of ether oxygens (including phenoxy) is 1. The SMILES string of the molecule is Cc1cccc(C(CC2CCOCC2)NN)c1Cl. The second-order valence-corrected chi connectivity index (χ2v) is 5.37. The van der Waals surface area contributed by atoms with Gasteiger partial charge >= 0.3 is 0 Å². The molecule has 3 N–H and O–H groups in total. The smallest absolute Gasteiger partial charge is 0.0483 e. The van der Waals surface area contributed by atoms with Crippen LogP contribution in [0.4, 0.5) is 0 Å². The van der Waals surface area contributed by atoms with Crippen molar-refractivity contribution in [3.63, 3.8) is 0 Å². The van der Waals surface area contributed by atoms with E-state index in [4.69, 9.17) is 22.2 Å². The zero-order valence-electron chi connectivity index (χ0n) is 10.8. The van der Waals surface area contributed by atoms with Crippen molar-refractivity contribution in [3.05, 3.63) is 34.3 Å². The van der Waals surface area contributed by atoms with E-state index in [0.717, 1.165) is 48.6 Å². The average molecular weight is 269 g/mol. The third-order valence-corrected chi connectivity index (χ3v) is 4.22. The zero-order chi connectivity index (χ0) is 13.0. The Hall–Kier alpha value is -0.610. The zero-order valence-corrected chi connectivity index (χ0v) is 11.5. The molecule has 4 heteroatoms. The molecule has 100 valence electrons. The molecule has 1 fully saturated rings. The van der Waals surface area contributed by atoms with E-state index in [0.29, 0.717) is 5.92 Å². The maximum atomic E-state index is 6.36. The number of hydrazine groups is 1. The van der Waals surface area contributed by atoms with Gasteiger partial charge in [0.15, 0.2) is 0 Å². The van der Waals surface area contributed by atoms with Crippen LogP contribution in [0.15, 0.2) is 18.2 Å². The molecule has 0 amide bonds. The van der Waals surface area contributed by atoms with Crippen LogP contribution in [0, 0.1) is 12.8 Å². The van der Waals surface area contributed by atoms with Gasteiger partial charge in [-0.2, -0.15) is 0 Å². The number of rotatable bonds is 4. The van der Waals surface area contributed by atoms with Crippen LogP contribution in [0.5, 0.6) is 0 Å². The highest BCUT2D eigenvalue weighted by Gasteiger charge is 2.21. The summed E-state index contributed by atoms with van der Waals surface area (Å²) in [6.07, 6.45) is 3.24. The Labute approximate surface area is 114 Å². The summed E-state index contributed by atoms with van der Waals surface area (Å²) in [5.41, 5.74) is 5.11. The van der Waals surface area contributed by atoms with Crippen LogP contribution in [-0.2, 0) is 4.74 Å². The molecule has 3 nitrogen and oxygen atoms in total. The lowest BCUT2D eigenvalue weighted by atomic mass is 9.89. The molecule has 2 rings (SSSR count). The lowest BCUT2D eigenvalue weighted by Gasteiger charge is -2.27. The summed E-state index contributed by atoms with van der Waals surface area (Å²) >= 11 is 6.36. The fourth-order valence-electron chi connectivity index (χ4n) is 2.54. The van der Waals surface area contributed by atoms with Gasteiger partial charge in [-0.05, 0) is 43.2 Å². The van der Waals surface area contributed by atoms with Crippen LogP contribution in [0.1, 0.15) is 36.4 Å². The topological polar surface area (TPSA) is 47.3 Å². The predicted octanol–water partition coefficient (Wildman–Crippen LogP) is 2.97. The standard InChI is InChI=1S/C14H21ClN2O/c1-10-3-2-4-12(14(10)15)13(17-16)9-11-5-7-18-8-6-11/h2-4,11,13,17H,5-9,16H2,1H3. The summed E-state index contributed by atoms with van der Waals surface area (Å²) in [5, 5.41) is 0.826. The highest BCUT2D eigenvalue weighted by atomic mass is 35.5. The van der Waals surface area contributed by atoms with Crippen molar-refractivity contribution in [2.24, 2.45) is 11.8 Å². The van der Waals surface area contributed by atoms with Gasteiger partial charge in [0.05, 0.1) is 0 Å². The summed E-state index contributed by atoms with van der Waals surface area (Å²) in [5.74, 6) is 6.36. The van der Waals surface area contributed by atoms with Gasteiger partial charge in [0.2, 0.25) is 0 Å². The number of aryl methyl sites for hydroxylation is 1. The van der Waals surface area contributed by atoms with Gasteiger partial charge in [-0.15, -0.1) is 0 Å². The molecular formula is C14H21ClN2O. The normalized spacial score (nSPS) is 18.8. The van der Waals surface area contributed by atoms with Gasteiger partial charge in [-0.25, -0.2) is 0 Å². The van der Waals surface area contributed by atoms with Gasteiger partial charge in [0.25, 0.3) is 0 Å². The van der Waals surface area contributed by atoms with Crippen LogP contribution in [-0.4, -0.2) is 13.2 Å². The molecule has 1 aliphatic rings. The minimum absolute atomic E-state index is 0.125. The summed E-state index contributed by atoms with van der Waals surface area (Å²) in [4.78, 5) is 0. The van der Waals surface area contributed by atoms with Crippen LogP contribution >= 0.6 is 11.6 Å². The van der Waals surface area contributed by atoms with E-state index < -0.39 is 0 Å². The molecule has 0 aliphatic carbocycles. The minimum atomic E-state index is 0.125. The van der Waals surface area contributed by atoms with Crippen molar-refractivity contribution >= 4 is 11.6 Å². The van der Waals surface area contributed by atoms with E-state index in [-0.39, 0.29) is 6.04 Å². The fraction of sp³-hybridized carbons (Fsp3) is 0.571. The van der Waals surface area contributed by atoms with E-state index in [2.05, 4.69) is 11.5 Å². The molecule has 0 radical (unpaired) electrons. The first-order valence-electron chi connectivity index (χ1n) is 6.51. The molecule has 18 heavy (non-hydrogen) atoms. The van der Waals surface area contributed by atoms with E-state index in [1.165, 1.54) is 0 Å². The Kier molecular flexibility index (Phi) is 5.01. The largest absolute Gasteiger partial charge is 0.381 e. The molecule has 0 spiro atoms. The van der Waals surface area contributed by atoms with E-state index >= 15 is 0 Å². The van der Waals surface area contributed by atoms with Gasteiger partial charge in [-0.1, -0.05) is 29.8 Å². The maximum absolute atomic E-state index is 6.36. The molecule has 1 heterocycles. The molecule has 0 aromatic heterocycles. The molecule has 1 saturated heterocycles. The number of nitrogens with two attached hydrogens (primary N) is 1. The monoisotopic (exact) mass is 268 g/mol. The van der Waals surface area contributed by atoms with Crippen LogP contribution < -0.4 is 11.3 Å². The molecule has 0 bridgehead atoms. The molecule has 1 aromatic carbocycles. The van der Waals surface area contributed by atoms with Crippen LogP contribution in [0.25, 0.3) is 0 Å². The van der Waals surface area contributed by atoms with Crippen molar-refractivity contribution in [1.29, 1.82) is 0 Å². The minimum Gasteiger partial charge on any atom is -0.381 e. The number of halogens is 1. The Balaban J connectivity index is 2.09. The molecule has 1 unspecified atom stereocenters. The molecule has 1 atom stereocenters. The highest BCUT2D eigenvalue weighted by molar-refractivity contribution is 6.32. The van der Waals surface area contributed by atoms with Crippen molar-refractivity contribution in [1.82, 2.24) is 5.43 Å². The van der Waals surface area contributed by atoms with Gasteiger partial charge in [-0.3, -0.25) is 11.3 Å². The first-order valence-corrected chi connectivity index (χ1v) is 6.89. The van der Waals surface area contributed by atoms with Crippen molar-refractivity contribution < 1.29 is 4.74 Å². The van der Waals surface area contributed by atoms with Gasteiger partial charge in [0.1, 0.15) is 0 Å². The highest BCUT2D eigenvalue weighted by Crippen LogP contribution is 2.32. The summed E-state index contributed by atoms with van der Waals surface area (Å²) in [6.45, 7) is 3.75. The van der Waals surface area contributed by atoms with Crippen molar-refractivity contribution in [3.8, 4) is 0 Å².